The largest absolute Gasteiger partial charge is 0.394 e. The normalized spacial score (nSPS) is 10.7. The van der Waals surface area contributed by atoms with Crippen LogP contribution in [0, 0.1) is 5.82 Å². The van der Waals surface area contributed by atoms with Crippen LogP contribution in [0.25, 0.3) is 0 Å². The van der Waals surface area contributed by atoms with Crippen LogP contribution in [0.2, 0.25) is 0 Å². The van der Waals surface area contributed by atoms with Crippen molar-refractivity contribution in [2.45, 2.75) is 6.43 Å². The molecule has 0 aliphatic heterocycles. The summed E-state index contributed by atoms with van der Waals surface area (Å²) in [6.45, 7) is 0. The molecule has 0 aromatic carbocycles. The van der Waals surface area contributed by atoms with Crippen molar-refractivity contribution in [1.29, 1.82) is 0 Å². The van der Waals surface area contributed by atoms with Gasteiger partial charge in [0.25, 0.3) is 6.43 Å². The van der Waals surface area contributed by atoms with Crippen LogP contribution in [-0.2, 0) is 0 Å². The van der Waals surface area contributed by atoms with Gasteiger partial charge in [0.1, 0.15) is 11.4 Å². The van der Waals surface area contributed by atoms with E-state index in [-0.39, 0.29) is 0 Å². The molecule has 3 N–H and O–H groups in total. The zero-order chi connectivity index (χ0) is 9.30. The molecule has 0 fully saturated rings. The van der Waals surface area contributed by atoms with Gasteiger partial charge in [0.2, 0.25) is 5.43 Å². The van der Waals surface area contributed by atoms with Crippen molar-refractivity contribution in [3.63, 3.8) is 0 Å². The summed E-state index contributed by atoms with van der Waals surface area (Å²) >= 11 is 0. The van der Waals surface area contributed by atoms with E-state index in [9.17, 15) is 18.0 Å². The van der Waals surface area contributed by atoms with Gasteiger partial charge in [-0.3, -0.25) is 4.79 Å². The molecule has 6 heteroatoms. The standard InChI is InChI=1S/C6H5F3N2O/c7-2-1-11-4(6(8)9)3(10)5(2)12/h1,6H,10H2,(H,11,12). The summed E-state index contributed by atoms with van der Waals surface area (Å²) in [5, 5.41) is 0. The second-order valence-corrected chi connectivity index (χ2v) is 2.09. The second kappa shape index (κ2) is 2.88. The molecule has 0 aliphatic carbocycles. The number of hydrogen-bond acceptors (Lipinski definition) is 2. The maximum Gasteiger partial charge on any atom is 0.280 e. The minimum atomic E-state index is -2.90. The highest BCUT2D eigenvalue weighted by molar-refractivity contribution is 5.42. The molecule has 0 spiro atoms. The third-order valence-corrected chi connectivity index (χ3v) is 1.32. The number of aromatic nitrogens is 1. The number of nitrogens with two attached hydrogens (primary N) is 1. The first-order chi connectivity index (χ1) is 5.54. The van der Waals surface area contributed by atoms with Crippen LogP contribution in [0.3, 0.4) is 0 Å². The fourth-order valence-electron chi connectivity index (χ4n) is 0.716. The fourth-order valence-corrected chi connectivity index (χ4v) is 0.716. The van der Waals surface area contributed by atoms with E-state index in [4.69, 9.17) is 5.73 Å². The van der Waals surface area contributed by atoms with Crippen LogP contribution < -0.4 is 11.2 Å². The molecule has 0 bridgehead atoms. The molecule has 1 heterocycles. The molecule has 3 nitrogen and oxygen atoms in total. The molecule has 1 rings (SSSR count). The average Bonchev–Trinajstić information content (AvgIpc) is 2.00. The van der Waals surface area contributed by atoms with Crippen molar-refractivity contribution in [3.05, 3.63) is 27.9 Å². The van der Waals surface area contributed by atoms with E-state index in [0.29, 0.717) is 6.20 Å². The van der Waals surface area contributed by atoms with Crippen molar-refractivity contribution >= 4 is 5.69 Å². The van der Waals surface area contributed by atoms with Crippen molar-refractivity contribution in [2.75, 3.05) is 5.73 Å². The summed E-state index contributed by atoms with van der Waals surface area (Å²) < 4.78 is 36.3. The van der Waals surface area contributed by atoms with Crippen molar-refractivity contribution in [2.24, 2.45) is 0 Å². The minimum absolute atomic E-state index is 0.556. The molecule has 0 unspecified atom stereocenters. The molecule has 1 aromatic rings. The predicted molar refractivity (Wildman–Crippen MR) is 36.4 cm³/mol. The lowest BCUT2D eigenvalue weighted by Crippen LogP contribution is -2.16. The Hall–Kier alpha value is -1.46. The van der Waals surface area contributed by atoms with Crippen LogP contribution in [0.4, 0.5) is 18.9 Å². The molecule has 12 heavy (non-hydrogen) atoms. The number of rotatable bonds is 1. The van der Waals surface area contributed by atoms with Gasteiger partial charge < -0.3 is 10.7 Å². The number of hydrogen-bond donors (Lipinski definition) is 2. The highest BCUT2D eigenvalue weighted by Gasteiger charge is 2.15. The Kier molecular flexibility index (Phi) is 2.07. The Morgan fingerprint density at radius 2 is 2.08 bits per heavy atom. The second-order valence-electron chi connectivity index (χ2n) is 2.09. The van der Waals surface area contributed by atoms with Crippen LogP contribution in [0.1, 0.15) is 12.1 Å². The quantitative estimate of drug-likeness (QED) is 0.674. The zero-order valence-electron chi connectivity index (χ0n) is 5.77. The zero-order valence-corrected chi connectivity index (χ0v) is 5.77. The van der Waals surface area contributed by atoms with E-state index in [1.807, 2.05) is 4.98 Å². The van der Waals surface area contributed by atoms with Crippen LogP contribution >= 0.6 is 0 Å². The molecule has 0 radical (unpaired) electrons. The van der Waals surface area contributed by atoms with Gasteiger partial charge in [0, 0.05) is 6.20 Å². The van der Waals surface area contributed by atoms with Gasteiger partial charge in [-0.15, -0.1) is 0 Å². The number of nitrogens with one attached hydrogen (secondary N) is 1. The van der Waals surface area contributed by atoms with Gasteiger partial charge in [0.05, 0.1) is 0 Å². The number of pyridine rings is 1. The summed E-state index contributed by atoms with van der Waals surface area (Å²) in [6.07, 6.45) is -2.35. The Morgan fingerprint density at radius 3 is 2.58 bits per heavy atom. The highest BCUT2D eigenvalue weighted by atomic mass is 19.3. The third kappa shape index (κ3) is 1.27. The summed E-state index contributed by atoms with van der Waals surface area (Å²) in [5.74, 6) is -1.17. The molecule has 1 aromatic heterocycles. The molecule has 0 amide bonds. The van der Waals surface area contributed by atoms with E-state index in [1.165, 1.54) is 0 Å². The molecule has 66 valence electrons. The van der Waals surface area contributed by atoms with Crippen LogP contribution in [0.5, 0.6) is 0 Å². The van der Waals surface area contributed by atoms with E-state index >= 15 is 0 Å². The van der Waals surface area contributed by atoms with Gasteiger partial charge in [0.15, 0.2) is 5.82 Å². The Morgan fingerprint density at radius 1 is 1.50 bits per heavy atom. The van der Waals surface area contributed by atoms with E-state index in [0.717, 1.165) is 0 Å². The fraction of sp³-hybridized carbons (Fsp3) is 0.167. The lowest BCUT2D eigenvalue weighted by molar-refractivity contribution is 0.146. The maximum atomic E-state index is 12.4. The minimum Gasteiger partial charge on any atom is -0.394 e. The number of halogens is 3. The smallest absolute Gasteiger partial charge is 0.280 e. The third-order valence-electron chi connectivity index (χ3n) is 1.32. The summed E-state index contributed by atoms with van der Waals surface area (Å²) in [4.78, 5) is 12.5. The summed E-state index contributed by atoms with van der Waals surface area (Å²) in [6, 6.07) is 0. The molecule has 0 saturated carbocycles. The van der Waals surface area contributed by atoms with E-state index < -0.39 is 29.1 Å². The maximum absolute atomic E-state index is 12.4. The average molecular weight is 178 g/mol. The van der Waals surface area contributed by atoms with Gasteiger partial charge in [-0.1, -0.05) is 0 Å². The van der Waals surface area contributed by atoms with Crippen molar-refractivity contribution in [1.82, 2.24) is 4.98 Å². The van der Waals surface area contributed by atoms with Gasteiger partial charge in [-0.05, 0) is 0 Å². The van der Waals surface area contributed by atoms with Crippen LogP contribution in [0.15, 0.2) is 11.0 Å². The Balaban J connectivity index is 3.37. The Labute approximate surface area is 65.0 Å². The predicted octanol–water partition coefficient (Wildman–Crippen LogP) is 1.03. The topological polar surface area (TPSA) is 58.9 Å². The first kappa shape index (κ1) is 8.63. The molecular weight excluding hydrogens is 173 g/mol. The summed E-state index contributed by atoms with van der Waals surface area (Å²) in [7, 11) is 0. The SMILES string of the molecule is Nc1c(C(F)F)[nH]cc(F)c1=O. The molecule has 0 aliphatic rings. The Bertz CT molecular complexity index is 347. The first-order valence-corrected chi connectivity index (χ1v) is 2.98. The first-order valence-electron chi connectivity index (χ1n) is 2.98. The number of aromatic amines is 1. The molecule has 0 atom stereocenters. The number of alkyl halides is 2. The van der Waals surface area contributed by atoms with Gasteiger partial charge in [-0.25, -0.2) is 13.2 Å². The number of nitrogen functional groups attached to an aromatic ring is 1. The van der Waals surface area contributed by atoms with E-state index in [1.54, 1.807) is 0 Å². The number of anilines is 1. The van der Waals surface area contributed by atoms with Crippen molar-refractivity contribution < 1.29 is 13.2 Å². The monoisotopic (exact) mass is 178 g/mol. The van der Waals surface area contributed by atoms with Crippen LogP contribution in [-0.4, -0.2) is 4.98 Å². The summed E-state index contributed by atoms with van der Waals surface area (Å²) in [5.41, 5.74) is 2.19. The number of H-pyrrole nitrogens is 1. The van der Waals surface area contributed by atoms with E-state index in [2.05, 4.69) is 0 Å². The lowest BCUT2D eigenvalue weighted by atomic mass is 10.3. The molecule has 0 saturated heterocycles. The highest BCUT2D eigenvalue weighted by Crippen LogP contribution is 2.19. The lowest BCUT2D eigenvalue weighted by Gasteiger charge is -2.02. The van der Waals surface area contributed by atoms with Gasteiger partial charge in [-0.2, -0.15) is 0 Å². The van der Waals surface area contributed by atoms with Crippen molar-refractivity contribution in [3.8, 4) is 0 Å². The molecular formula is C6H5F3N2O. The van der Waals surface area contributed by atoms with Gasteiger partial charge >= 0.3 is 0 Å².